The van der Waals surface area contributed by atoms with E-state index in [0.717, 1.165) is 5.56 Å². The van der Waals surface area contributed by atoms with Crippen LogP contribution in [0.25, 0.3) is 5.76 Å². The summed E-state index contributed by atoms with van der Waals surface area (Å²) in [5.41, 5.74) is 4.31. The number of Topliss-reactive ketones (excluding diaryl/α,β-unsaturated/α-hetero) is 2. The van der Waals surface area contributed by atoms with Crippen LogP contribution in [0.15, 0.2) is 53.3 Å². The Kier molecular flexibility index (Phi) is 8.27. The minimum absolute atomic E-state index is 0.0134. The van der Waals surface area contributed by atoms with Crippen LogP contribution >= 0.6 is 0 Å². The van der Waals surface area contributed by atoms with E-state index in [1.54, 1.807) is 20.2 Å². The molecule has 2 aromatic rings. The summed E-state index contributed by atoms with van der Waals surface area (Å²) in [6, 6.07) is 10.5. The van der Waals surface area contributed by atoms with Crippen molar-refractivity contribution in [2.24, 2.45) is 17.6 Å². The van der Waals surface area contributed by atoms with Gasteiger partial charge < -0.3 is 31.1 Å². The molecule has 1 amide bonds. The number of anilines is 1. The molecule has 3 aliphatic carbocycles. The molecule has 3 aliphatic rings. The summed E-state index contributed by atoms with van der Waals surface area (Å²) in [4.78, 5) is 44.9. The molecule has 0 aromatic heterocycles. The first-order valence-electron chi connectivity index (χ1n) is 14.6. The zero-order valence-electron chi connectivity index (χ0n) is 26.0. The number of benzene rings is 2. The van der Waals surface area contributed by atoms with E-state index in [0.29, 0.717) is 24.3 Å². The largest absolute Gasteiger partial charge is 0.508 e. The van der Waals surface area contributed by atoms with Crippen LogP contribution in [-0.2, 0) is 27.3 Å². The predicted octanol–water partition coefficient (Wildman–Crippen LogP) is 1.51. The molecular formula is C34H38N4O7. The van der Waals surface area contributed by atoms with Gasteiger partial charge in [0.15, 0.2) is 11.4 Å². The minimum Gasteiger partial charge on any atom is -0.508 e. The van der Waals surface area contributed by atoms with E-state index in [1.165, 1.54) is 4.90 Å². The highest BCUT2D eigenvalue weighted by molar-refractivity contribution is 6.24. The van der Waals surface area contributed by atoms with E-state index in [-0.39, 0.29) is 35.3 Å². The SMILES string of the molecule is CN(CC#Cc1cc(N(C)C)c2c(c1O)C(O)=C1C(=O)[C@]3(O)C(O)=C(C(N)=O)C(=O)[C@@H](N(C)C)[C@@H]3C[C@@H]1C2)Cc1ccccc1. The number of carbonyl (C=O) groups excluding carboxylic acids is 3. The Morgan fingerprint density at radius 2 is 1.73 bits per heavy atom. The number of nitrogens with zero attached hydrogens (tertiary/aromatic N) is 3. The average molecular weight is 615 g/mol. The van der Waals surface area contributed by atoms with Gasteiger partial charge in [-0.1, -0.05) is 42.2 Å². The molecule has 2 aromatic carbocycles. The maximum Gasteiger partial charge on any atom is 0.255 e. The molecule has 1 saturated carbocycles. The third-order valence-electron chi connectivity index (χ3n) is 9.05. The van der Waals surface area contributed by atoms with Crippen molar-refractivity contribution in [3.05, 3.63) is 75.6 Å². The molecule has 11 nitrogen and oxygen atoms in total. The van der Waals surface area contributed by atoms with E-state index in [1.807, 2.05) is 61.3 Å². The summed E-state index contributed by atoms with van der Waals surface area (Å²) in [7, 11) is 8.69. The van der Waals surface area contributed by atoms with Crippen LogP contribution in [0.3, 0.4) is 0 Å². The third kappa shape index (κ3) is 5.15. The Labute approximate surface area is 261 Å². The first-order chi connectivity index (χ1) is 21.2. The summed E-state index contributed by atoms with van der Waals surface area (Å²) in [6.07, 6.45) is 0.220. The van der Waals surface area contributed by atoms with Gasteiger partial charge in [-0.25, -0.2) is 0 Å². The average Bonchev–Trinajstić information content (AvgIpc) is 2.96. The van der Waals surface area contributed by atoms with Gasteiger partial charge in [-0.2, -0.15) is 0 Å². The molecule has 0 saturated heterocycles. The van der Waals surface area contributed by atoms with Crippen LogP contribution in [0.1, 0.15) is 28.7 Å². The zero-order chi connectivity index (χ0) is 33.0. The number of hydrogen-bond donors (Lipinski definition) is 5. The van der Waals surface area contributed by atoms with Crippen molar-refractivity contribution in [3.8, 4) is 17.6 Å². The quantitative estimate of drug-likeness (QED) is 0.238. The van der Waals surface area contributed by atoms with Crippen LogP contribution < -0.4 is 10.6 Å². The van der Waals surface area contributed by atoms with Gasteiger partial charge in [-0.3, -0.25) is 24.2 Å². The van der Waals surface area contributed by atoms with Crippen LogP contribution in [-0.4, -0.2) is 101 Å². The summed E-state index contributed by atoms with van der Waals surface area (Å²) in [5.74, 6) is -0.804. The lowest BCUT2D eigenvalue weighted by Crippen LogP contribution is -2.65. The van der Waals surface area contributed by atoms with Gasteiger partial charge in [-0.05, 0) is 57.1 Å². The Balaban J connectivity index is 1.60. The second-order valence-corrected chi connectivity index (χ2v) is 12.5. The number of aromatic hydroxyl groups is 1. The van der Waals surface area contributed by atoms with Crippen molar-refractivity contribution in [2.75, 3.05) is 46.7 Å². The van der Waals surface area contributed by atoms with Crippen molar-refractivity contribution in [1.29, 1.82) is 0 Å². The van der Waals surface area contributed by atoms with Gasteiger partial charge in [0.25, 0.3) is 5.91 Å². The molecule has 0 radical (unpaired) electrons. The number of carbonyl (C=O) groups is 3. The fraction of sp³-hybridized carbons (Fsp3) is 0.382. The van der Waals surface area contributed by atoms with Gasteiger partial charge in [0.2, 0.25) is 5.78 Å². The number of amides is 1. The lowest BCUT2D eigenvalue weighted by Gasteiger charge is -2.50. The van der Waals surface area contributed by atoms with E-state index in [2.05, 4.69) is 11.8 Å². The Bertz CT molecular complexity index is 1720. The predicted molar refractivity (Wildman–Crippen MR) is 168 cm³/mol. The van der Waals surface area contributed by atoms with Gasteiger partial charge in [0.1, 0.15) is 22.8 Å². The van der Waals surface area contributed by atoms with Crippen molar-refractivity contribution in [2.45, 2.75) is 31.0 Å². The fourth-order valence-electron chi connectivity index (χ4n) is 7.01. The van der Waals surface area contributed by atoms with E-state index in [4.69, 9.17) is 5.73 Å². The van der Waals surface area contributed by atoms with Crippen LogP contribution in [0.4, 0.5) is 5.69 Å². The standard InChI is InChI=1S/C34H38N4O7/c1-36(2)23-16-19(12-9-13-38(5)17-18-10-7-6-8-11-18)28(39)25-21(23)14-20-15-22-27(37(3)4)30(41)26(33(35)44)32(43)34(22,45)31(42)24(20)29(25)40/h6-8,10-11,16,20,22,27,39-40,43,45H,13-15,17H2,1-5H3,(H2,35,44)/t20-,22-,27-,34-/m0/s1. The molecule has 45 heavy (non-hydrogen) atoms. The lowest BCUT2D eigenvalue weighted by molar-refractivity contribution is -0.153. The topological polar surface area (TPSA) is 168 Å². The summed E-state index contributed by atoms with van der Waals surface area (Å²) in [6.45, 7) is 1.07. The van der Waals surface area contributed by atoms with Crippen LogP contribution in [0.5, 0.6) is 5.75 Å². The lowest BCUT2D eigenvalue weighted by atomic mass is 9.57. The monoisotopic (exact) mass is 614 g/mol. The molecule has 0 heterocycles. The van der Waals surface area contributed by atoms with Crippen molar-refractivity contribution < 1.29 is 34.8 Å². The normalized spacial score (nSPS) is 24.2. The maximum atomic E-state index is 14.1. The summed E-state index contributed by atoms with van der Waals surface area (Å²) < 4.78 is 0. The molecule has 11 heteroatoms. The van der Waals surface area contributed by atoms with Crippen molar-refractivity contribution >= 4 is 28.9 Å². The molecule has 5 rings (SSSR count). The number of phenolic OH excluding ortho intramolecular Hbond substituents is 1. The second kappa shape index (κ2) is 11.7. The van der Waals surface area contributed by atoms with Gasteiger partial charge in [0.05, 0.1) is 23.7 Å². The molecule has 0 aliphatic heterocycles. The Hall–Kier alpha value is -4.63. The molecule has 0 unspecified atom stereocenters. The number of nitrogens with two attached hydrogens (primary N) is 1. The Morgan fingerprint density at radius 1 is 1.07 bits per heavy atom. The van der Waals surface area contributed by atoms with Gasteiger partial charge >= 0.3 is 0 Å². The number of rotatable bonds is 6. The summed E-state index contributed by atoms with van der Waals surface area (Å²) >= 11 is 0. The second-order valence-electron chi connectivity index (χ2n) is 12.5. The smallest absolute Gasteiger partial charge is 0.255 e. The van der Waals surface area contributed by atoms with E-state index >= 15 is 0 Å². The third-order valence-corrected chi connectivity index (χ3v) is 9.05. The molecule has 6 N–H and O–H groups in total. The van der Waals surface area contributed by atoms with Gasteiger partial charge in [0, 0.05) is 37.8 Å². The first kappa shape index (κ1) is 31.8. The highest BCUT2D eigenvalue weighted by Crippen LogP contribution is 2.54. The van der Waals surface area contributed by atoms with Crippen LogP contribution in [0, 0.1) is 23.7 Å². The fourth-order valence-corrected chi connectivity index (χ4v) is 7.01. The minimum atomic E-state index is -2.69. The molecule has 4 atom stereocenters. The summed E-state index contributed by atoms with van der Waals surface area (Å²) in [5, 5.41) is 46.0. The number of aliphatic hydroxyl groups is 3. The number of hydrogen-bond acceptors (Lipinski definition) is 10. The molecular weight excluding hydrogens is 576 g/mol. The van der Waals surface area contributed by atoms with E-state index in [9.17, 15) is 34.8 Å². The molecule has 0 bridgehead atoms. The van der Waals surface area contributed by atoms with E-state index < -0.39 is 58.0 Å². The Morgan fingerprint density at radius 3 is 2.33 bits per heavy atom. The van der Waals surface area contributed by atoms with Gasteiger partial charge in [-0.15, -0.1) is 0 Å². The number of primary amides is 1. The highest BCUT2D eigenvalue weighted by Gasteiger charge is 2.64. The first-order valence-corrected chi connectivity index (χ1v) is 14.6. The number of ketones is 2. The van der Waals surface area contributed by atoms with Crippen molar-refractivity contribution in [3.63, 3.8) is 0 Å². The highest BCUT2D eigenvalue weighted by atomic mass is 16.3. The molecule has 236 valence electrons. The number of fused-ring (bicyclic) bond motifs is 3. The zero-order valence-corrected chi connectivity index (χ0v) is 26.0. The van der Waals surface area contributed by atoms with Crippen molar-refractivity contribution in [1.82, 2.24) is 9.80 Å². The maximum absolute atomic E-state index is 14.1. The number of likely N-dealkylation sites (N-methyl/N-ethyl adjacent to an activating group) is 1. The molecule has 1 fully saturated rings. The number of phenols is 1. The number of aliphatic hydroxyl groups excluding tert-OH is 2. The molecule has 0 spiro atoms. The van der Waals surface area contributed by atoms with Crippen LogP contribution in [0.2, 0.25) is 0 Å².